The third-order valence-corrected chi connectivity index (χ3v) is 2.66. The highest BCUT2D eigenvalue weighted by atomic mass is 16.5. The van der Waals surface area contributed by atoms with E-state index >= 15 is 0 Å². The van der Waals surface area contributed by atoms with Crippen LogP contribution in [0.15, 0.2) is 30.5 Å². The van der Waals surface area contributed by atoms with Crippen molar-refractivity contribution in [3.05, 3.63) is 41.6 Å². The molecule has 0 atom stereocenters. The zero-order valence-corrected chi connectivity index (χ0v) is 10.0. The molecular formula is C13H12N2O3. The Labute approximate surface area is 104 Å². The van der Waals surface area contributed by atoms with E-state index in [0.29, 0.717) is 5.56 Å². The highest BCUT2D eigenvalue weighted by molar-refractivity contribution is 5.98. The maximum Gasteiger partial charge on any atom is 0.341 e. The highest BCUT2D eigenvalue weighted by Gasteiger charge is 2.20. The molecule has 0 aliphatic heterocycles. The van der Waals surface area contributed by atoms with Gasteiger partial charge in [0, 0.05) is 5.56 Å². The number of aromatic nitrogens is 2. The molecule has 0 saturated carbocycles. The fourth-order valence-corrected chi connectivity index (χ4v) is 1.80. The molecule has 2 rings (SSSR count). The fourth-order valence-electron chi connectivity index (χ4n) is 1.80. The summed E-state index contributed by atoms with van der Waals surface area (Å²) >= 11 is 0. The maximum absolute atomic E-state index is 11.3. The predicted molar refractivity (Wildman–Crippen MR) is 65.7 cm³/mol. The minimum atomic E-state index is -1.08. The highest BCUT2D eigenvalue weighted by Crippen LogP contribution is 2.30. The van der Waals surface area contributed by atoms with Crippen molar-refractivity contribution in [2.24, 2.45) is 0 Å². The number of methoxy groups -OCH3 is 1. The number of carboxylic acid groups (broad SMARTS) is 1. The van der Waals surface area contributed by atoms with Gasteiger partial charge in [-0.1, -0.05) is 24.3 Å². The lowest BCUT2D eigenvalue weighted by Gasteiger charge is -2.10. The molecule has 0 aliphatic rings. The van der Waals surface area contributed by atoms with Crippen molar-refractivity contribution in [1.29, 1.82) is 0 Å². The van der Waals surface area contributed by atoms with Gasteiger partial charge in [0.2, 0.25) is 5.88 Å². The summed E-state index contributed by atoms with van der Waals surface area (Å²) in [6.45, 7) is 1.91. The number of carbonyl (C=O) groups is 1. The third kappa shape index (κ3) is 2.02. The molecule has 1 N–H and O–H groups in total. The Morgan fingerprint density at radius 2 is 2.00 bits per heavy atom. The summed E-state index contributed by atoms with van der Waals surface area (Å²) in [5.74, 6) is -1.07. The van der Waals surface area contributed by atoms with E-state index in [1.54, 1.807) is 0 Å². The Bertz CT molecular complexity index is 597. The lowest BCUT2D eigenvalue weighted by atomic mass is 9.98. The number of ether oxygens (including phenoxy) is 1. The largest absolute Gasteiger partial charge is 0.479 e. The van der Waals surface area contributed by atoms with E-state index in [1.807, 2.05) is 31.2 Å². The Morgan fingerprint density at radius 3 is 2.61 bits per heavy atom. The van der Waals surface area contributed by atoms with Gasteiger partial charge in [0.15, 0.2) is 0 Å². The third-order valence-electron chi connectivity index (χ3n) is 2.66. The molecule has 92 valence electrons. The number of rotatable bonds is 3. The van der Waals surface area contributed by atoms with Crippen LogP contribution in [0.3, 0.4) is 0 Å². The van der Waals surface area contributed by atoms with Crippen LogP contribution in [-0.2, 0) is 0 Å². The van der Waals surface area contributed by atoms with Gasteiger partial charge in [0.25, 0.3) is 0 Å². The second kappa shape index (κ2) is 4.83. The van der Waals surface area contributed by atoms with Crippen LogP contribution < -0.4 is 4.74 Å². The van der Waals surface area contributed by atoms with E-state index < -0.39 is 5.97 Å². The molecule has 2 aromatic rings. The normalized spacial score (nSPS) is 10.1. The maximum atomic E-state index is 11.3. The van der Waals surface area contributed by atoms with Crippen LogP contribution in [-0.4, -0.2) is 28.4 Å². The summed E-state index contributed by atoms with van der Waals surface area (Å²) < 4.78 is 4.95. The van der Waals surface area contributed by atoms with Crippen molar-refractivity contribution in [3.8, 4) is 17.0 Å². The van der Waals surface area contributed by atoms with Crippen LogP contribution in [0.25, 0.3) is 11.1 Å². The molecule has 0 bridgehead atoms. The first-order valence-electron chi connectivity index (χ1n) is 5.34. The first-order chi connectivity index (χ1) is 8.65. The van der Waals surface area contributed by atoms with Gasteiger partial charge in [0.1, 0.15) is 5.56 Å². The Balaban J connectivity index is 2.72. The molecule has 0 spiro atoms. The summed E-state index contributed by atoms with van der Waals surface area (Å²) in [6.07, 6.45) is 1.44. The van der Waals surface area contributed by atoms with Crippen molar-refractivity contribution in [2.45, 2.75) is 6.92 Å². The molecule has 0 saturated heterocycles. The summed E-state index contributed by atoms with van der Waals surface area (Å²) in [5.41, 5.74) is 2.31. The van der Waals surface area contributed by atoms with Crippen LogP contribution in [0.2, 0.25) is 0 Å². The first-order valence-corrected chi connectivity index (χ1v) is 5.34. The number of nitrogens with zero attached hydrogens (tertiary/aromatic N) is 2. The molecule has 0 fully saturated rings. The zero-order chi connectivity index (χ0) is 13.1. The average Bonchev–Trinajstić information content (AvgIpc) is 2.38. The van der Waals surface area contributed by atoms with Crippen LogP contribution in [0, 0.1) is 6.92 Å². The smallest absolute Gasteiger partial charge is 0.341 e. The average molecular weight is 244 g/mol. The summed E-state index contributed by atoms with van der Waals surface area (Å²) in [6, 6.07) is 7.50. The molecule has 1 aromatic heterocycles. The van der Waals surface area contributed by atoms with Crippen LogP contribution in [0.1, 0.15) is 15.9 Å². The topological polar surface area (TPSA) is 72.3 Å². The monoisotopic (exact) mass is 244 g/mol. The van der Waals surface area contributed by atoms with Gasteiger partial charge >= 0.3 is 5.97 Å². The molecule has 1 aromatic carbocycles. The van der Waals surface area contributed by atoms with Crippen LogP contribution in [0.5, 0.6) is 5.88 Å². The summed E-state index contributed by atoms with van der Waals surface area (Å²) in [4.78, 5) is 11.3. The Morgan fingerprint density at radius 1 is 1.28 bits per heavy atom. The number of carboxylic acids is 1. The van der Waals surface area contributed by atoms with E-state index in [0.717, 1.165) is 11.1 Å². The van der Waals surface area contributed by atoms with Crippen LogP contribution >= 0.6 is 0 Å². The number of aromatic carboxylic acids is 1. The number of aryl methyl sites for hydroxylation is 1. The molecule has 1 heterocycles. The molecular weight excluding hydrogens is 232 g/mol. The fraction of sp³-hybridized carbons (Fsp3) is 0.154. The van der Waals surface area contributed by atoms with Gasteiger partial charge in [-0.2, -0.15) is 5.10 Å². The Kier molecular flexibility index (Phi) is 3.23. The van der Waals surface area contributed by atoms with E-state index in [4.69, 9.17) is 4.74 Å². The van der Waals surface area contributed by atoms with Crippen molar-refractivity contribution in [3.63, 3.8) is 0 Å². The second-order valence-corrected chi connectivity index (χ2v) is 3.76. The SMILES string of the molecule is COc1nncc(-c2ccccc2C)c1C(=O)O. The van der Waals surface area contributed by atoms with Gasteiger partial charge in [-0.15, -0.1) is 5.10 Å². The van der Waals surface area contributed by atoms with E-state index in [9.17, 15) is 9.90 Å². The van der Waals surface area contributed by atoms with Gasteiger partial charge in [-0.05, 0) is 18.1 Å². The molecule has 5 heteroatoms. The number of hydrogen-bond donors (Lipinski definition) is 1. The number of hydrogen-bond acceptors (Lipinski definition) is 4. The number of benzene rings is 1. The quantitative estimate of drug-likeness (QED) is 0.895. The lowest BCUT2D eigenvalue weighted by molar-refractivity contribution is 0.0693. The van der Waals surface area contributed by atoms with E-state index in [1.165, 1.54) is 13.3 Å². The van der Waals surface area contributed by atoms with Gasteiger partial charge in [0.05, 0.1) is 13.3 Å². The molecule has 0 unspecified atom stereocenters. The Hall–Kier alpha value is -2.43. The standard InChI is InChI=1S/C13H12N2O3/c1-8-5-3-4-6-9(8)10-7-14-15-12(18-2)11(10)13(16)17/h3-7H,1-2H3,(H,16,17). The molecule has 5 nitrogen and oxygen atoms in total. The van der Waals surface area contributed by atoms with Crippen LogP contribution in [0.4, 0.5) is 0 Å². The zero-order valence-electron chi connectivity index (χ0n) is 10.0. The second-order valence-electron chi connectivity index (χ2n) is 3.76. The first kappa shape index (κ1) is 12.0. The molecule has 0 amide bonds. The van der Waals surface area contributed by atoms with Gasteiger partial charge < -0.3 is 9.84 Å². The van der Waals surface area contributed by atoms with Gasteiger partial charge in [-0.3, -0.25) is 0 Å². The van der Waals surface area contributed by atoms with Crippen molar-refractivity contribution >= 4 is 5.97 Å². The molecule has 0 aliphatic carbocycles. The predicted octanol–water partition coefficient (Wildman–Crippen LogP) is 2.16. The minimum absolute atomic E-state index is 0.0169. The van der Waals surface area contributed by atoms with Crippen molar-refractivity contribution in [2.75, 3.05) is 7.11 Å². The summed E-state index contributed by atoms with van der Waals surface area (Å²) in [7, 11) is 1.37. The lowest BCUT2D eigenvalue weighted by Crippen LogP contribution is -2.06. The van der Waals surface area contributed by atoms with Crippen molar-refractivity contribution in [1.82, 2.24) is 10.2 Å². The molecule has 18 heavy (non-hydrogen) atoms. The van der Waals surface area contributed by atoms with Crippen molar-refractivity contribution < 1.29 is 14.6 Å². The minimum Gasteiger partial charge on any atom is -0.479 e. The van der Waals surface area contributed by atoms with E-state index in [2.05, 4.69) is 10.2 Å². The van der Waals surface area contributed by atoms with E-state index in [-0.39, 0.29) is 11.4 Å². The summed E-state index contributed by atoms with van der Waals surface area (Å²) in [5, 5.41) is 16.7. The molecule has 0 radical (unpaired) electrons. The van der Waals surface area contributed by atoms with Gasteiger partial charge in [-0.25, -0.2) is 4.79 Å².